The van der Waals surface area contributed by atoms with Gasteiger partial charge in [0.25, 0.3) is 0 Å². The quantitative estimate of drug-likeness (QED) is 0.500. The van der Waals surface area contributed by atoms with Crippen molar-refractivity contribution >= 4 is 17.6 Å². The molecule has 0 saturated carbocycles. The zero-order valence-electron chi connectivity index (χ0n) is 12.9. The molecule has 6 heteroatoms. The van der Waals surface area contributed by atoms with Gasteiger partial charge >= 0.3 is 5.97 Å². The SMILES string of the molecule is CCOc1ccc(-c2cc(C(=O)Oc3ccc(Cl)cc3)no2)cc1. The molecule has 1 aromatic heterocycles. The minimum Gasteiger partial charge on any atom is -0.494 e. The van der Waals surface area contributed by atoms with Crippen LogP contribution in [0, 0.1) is 0 Å². The van der Waals surface area contributed by atoms with Crippen LogP contribution < -0.4 is 9.47 Å². The standard InChI is InChI=1S/C18H14ClNO4/c1-2-22-14-7-3-12(4-8-14)17-11-16(20-24-17)18(21)23-15-9-5-13(19)6-10-15/h3-11H,2H2,1H3. The summed E-state index contributed by atoms with van der Waals surface area (Å²) in [4.78, 5) is 12.1. The molecule has 0 aliphatic rings. The van der Waals surface area contributed by atoms with Gasteiger partial charge in [-0.05, 0) is 55.5 Å². The summed E-state index contributed by atoms with van der Waals surface area (Å²) in [5, 5.41) is 4.32. The van der Waals surface area contributed by atoms with Crippen molar-refractivity contribution in [2.75, 3.05) is 6.61 Å². The van der Waals surface area contributed by atoms with Crippen LogP contribution in [-0.2, 0) is 0 Å². The zero-order valence-corrected chi connectivity index (χ0v) is 13.6. The van der Waals surface area contributed by atoms with Crippen molar-refractivity contribution in [1.82, 2.24) is 5.16 Å². The number of carbonyl (C=O) groups excluding carboxylic acids is 1. The average molecular weight is 344 g/mol. The van der Waals surface area contributed by atoms with Gasteiger partial charge in [-0.25, -0.2) is 4.79 Å². The van der Waals surface area contributed by atoms with Crippen LogP contribution in [0.15, 0.2) is 59.1 Å². The topological polar surface area (TPSA) is 61.6 Å². The first kappa shape index (κ1) is 16.1. The average Bonchev–Trinajstić information content (AvgIpc) is 3.08. The van der Waals surface area contributed by atoms with E-state index in [1.54, 1.807) is 24.3 Å². The molecule has 0 atom stereocenters. The van der Waals surface area contributed by atoms with E-state index in [1.165, 1.54) is 6.07 Å². The van der Waals surface area contributed by atoms with Gasteiger partial charge in [0.2, 0.25) is 0 Å². The number of hydrogen-bond acceptors (Lipinski definition) is 5. The third-order valence-corrected chi connectivity index (χ3v) is 3.45. The highest BCUT2D eigenvalue weighted by atomic mass is 35.5. The van der Waals surface area contributed by atoms with Crippen molar-refractivity contribution < 1.29 is 18.8 Å². The molecule has 0 spiro atoms. The number of benzene rings is 2. The first-order valence-corrected chi connectivity index (χ1v) is 7.71. The lowest BCUT2D eigenvalue weighted by Gasteiger charge is -2.02. The second kappa shape index (κ2) is 7.19. The predicted molar refractivity (Wildman–Crippen MR) is 89.5 cm³/mol. The second-order valence-electron chi connectivity index (χ2n) is 4.88. The zero-order chi connectivity index (χ0) is 16.9. The van der Waals surface area contributed by atoms with E-state index in [4.69, 9.17) is 25.6 Å². The Balaban J connectivity index is 1.72. The summed E-state index contributed by atoms with van der Waals surface area (Å²) >= 11 is 5.79. The van der Waals surface area contributed by atoms with Crippen LogP contribution >= 0.6 is 11.6 Å². The van der Waals surface area contributed by atoms with Gasteiger partial charge in [0.1, 0.15) is 11.5 Å². The maximum atomic E-state index is 12.1. The van der Waals surface area contributed by atoms with Gasteiger partial charge in [0, 0.05) is 16.7 Å². The highest BCUT2D eigenvalue weighted by Crippen LogP contribution is 2.24. The van der Waals surface area contributed by atoms with E-state index in [-0.39, 0.29) is 5.69 Å². The first-order valence-electron chi connectivity index (χ1n) is 7.33. The smallest absolute Gasteiger partial charge is 0.365 e. The fraction of sp³-hybridized carbons (Fsp3) is 0.111. The van der Waals surface area contributed by atoms with Gasteiger partial charge < -0.3 is 14.0 Å². The van der Waals surface area contributed by atoms with Crippen LogP contribution in [0.25, 0.3) is 11.3 Å². The van der Waals surface area contributed by atoms with E-state index in [0.29, 0.717) is 23.1 Å². The van der Waals surface area contributed by atoms with Gasteiger partial charge in [0.05, 0.1) is 6.61 Å². The van der Waals surface area contributed by atoms with Gasteiger partial charge in [-0.2, -0.15) is 0 Å². The lowest BCUT2D eigenvalue weighted by molar-refractivity contribution is 0.0724. The van der Waals surface area contributed by atoms with Crippen LogP contribution in [-0.4, -0.2) is 17.7 Å². The van der Waals surface area contributed by atoms with Gasteiger partial charge in [-0.3, -0.25) is 0 Å². The molecule has 3 rings (SSSR count). The third kappa shape index (κ3) is 3.75. The molecule has 0 unspecified atom stereocenters. The molecule has 0 amide bonds. The summed E-state index contributed by atoms with van der Waals surface area (Å²) in [5.74, 6) is 1.03. The summed E-state index contributed by atoms with van der Waals surface area (Å²) in [6, 6.07) is 15.3. The summed E-state index contributed by atoms with van der Waals surface area (Å²) in [7, 11) is 0. The highest BCUT2D eigenvalue weighted by molar-refractivity contribution is 6.30. The highest BCUT2D eigenvalue weighted by Gasteiger charge is 2.16. The molecule has 1 heterocycles. The van der Waals surface area contributed by atoms with Crippen molar-refractivity contribution in [2.24, 2.45) is 0 Å². The van der Waals surface area contributed by atoms with E-state index >= 15 is 0 Å². The Kier molecular flexibility index (Phi) is 4.82. The lowest BCUT2D eigenvalue weighted by Crippen LogP contribution is -2.08. The number of aromatic nitrogens is 1. The molecule has 5 nitrogen and oxygen atoms in total. The van der Waals surface area contributed by atoms with Crippen molar-refractivity contribution in [3.63, 3.8) is 0 Å². The van der Waals surface area contributed by atoms with Crippen LogP contribution in [0.3, 0.4) is 0 Å². The molecule has 0 radical (unpaired) electrons. The van der Waals surface area contributed by atoms with E-state index in [0.717, 1.165) is 11.3 Å². The summed E-state index contributed by atoms with van der Waals surface area (Å²) in [6.07, 6.45) is 0. The van der Waals surface area contributed by atoms with Gasteiger partial charge in [-0.1, -0.05) is 16.8 Å². The largest absolute Gasteiger partial charge is 0.494 e. The van der Waals surface area contributed by atoms with Crippen LogP contribution in [0.5, 0.6) is 11.5 Å². The monoisotopic (exact) mass is 343 g/mol. The Morgan fingerprint density at radius 1 is 1.08 bits per heavy atom. The Hall–Kier alpha value is -2.79. The molecule has 122 valence electrons. The molecular weight excluding hydrogens is 330 g/mol. The number of carbonyl (C=O) groups is 1. The Bertz CT molecular complexity index is 825. The molecule has 0 aliphatic carbocycles. The Morgan fingerprint density at radius 2 is 1.75 bits per heavy atom. The summed E-state index contributed by atoms with van der Waals surface area (Å²) < 4.78 is 15.8. The Labute approximate surface area is 143 Å². The molecule has 0 saturated heterocycles. The molecule has 2 aromatic carbocycles. The van der Waals surface area contributed by atoms with E-state index in [9.17, 15) is 4.79 Å². The molecule has 0 bridgehead atoms. The maximum Gasteiger partial charge on any atom is 0.365 e. The number of halogens is 1. The minimum atomic E-state index is -0.599. The van der Waals surface area contributed by atoms with Crippen LogP contribution in [0.2, 0.25) is 5.02 Å². The van der Waals surface area contributed by atoms with Crippen LogP contribution in [0.1, 0.15) is 17.4 Å². The van der Waals surface area contributed by atoms with Crippen molar-refractivity contribution in [3.05, 3.63) is 65.3 Å². The molecule has 3 aromatic rings. The normalized spacial score (nSPS) is 10.4. The number of nitrogens with zero attached hydrogens (tertiary/aromatic N) is 1. The number of rotatable bonds is 5. The van der Waals surface area contributed by atoms with Gasteiger partial charge in [0.15, 0.2) is 11.5 Å². The lowest BCUT2D eigenvalue weighted by atomic mass is 10.1. The Morgan fingerprint density at radius 3 is 2.42 bits per heavy atom. The molecule has 0 aliphatic heterocycles. The van der Waals surface area contributed by atoms with Crippen molar-refractivity contribution in [2.45, 2.75) is 6.92 Å². The second-order valence-corrected chi connectivity index (χ2v) is 5.31. The number of esters is 1. The van der Waals surface area contributed by atoms with E-state index in [1.807, 2.05) is 31.2 Å². The van der Waals surface area contributed by atoms with Crippen LogP contribution in [0.4, 0.5) is 0 Å². The molecule has 0 fully saturated rings. The summed E-state index contributed by atoms with van der Waals surface area (Å²) in [5.41, 5.74) is 0.880. The van der Waals surface area contributed by atoms with E-state index in [2.05, 4.69) is 5.16 Å². The summed E-state index contributed by atoms with van der Waals surface area (Å²) in [6.45, 7) is 2.52. The first-order chi connectivity index (χ1) is 11.7. The third-order valence-electron chi connectivity index (χ3n) is 3.19. The maximum absolute atomic E-state index is 12.1. The van der Waals surface area contributed by atoms with Crippen molar-refractivity contribution in [3.8, 4) is 22.8 Å². The number of hydrogen-bond donors (Lipinski definition) is 0. The van der Waals surface area contributed by atoms with Gasteiger partial charge in [-0.15, -0.1) is 0 Å². The predicted octanol–water partition coefficient (Wildman–Crippen LogP) is 4.61. The fourth-order valence-corrected chi connectivity index (χ4v) is 2.18. The van der Waals surface area contributed by atoms with E-state index < -0.39 is 5.97 Å². The fourth-order valence-electron chi connectivity index (χ4n) is 2.05. The molecular formula is C18H14ClNO4. The molecule has 24 heavy (non-hydrogen) atoms. The van der Waals surface area contributed by atoms with Crippen molar-refractivity contribution in [1.29, 1.82) is 0 Å². The number of ether oxygens (including phenoxy) is 2. The molecule has 0 N–H and O–H groups in total. The minimum absolute atomic E-state index is 0.0915.